The normalized spacial score (nSPS) is 13.1. The quantitative estimate of drug-likeness (QED) is 0.662. The molecule has 2 heterocycles. The van der Waals surface area contributed by atoms with Gasteiger partial charge < -0.3 is 20.1 Å². The topological polar surface area (TPSA) is 89.6 Å². The van der Waals surface area contributed by atoms with Crippen molar-refractivity contribution in [2.24, 2.45) is 0 Å². The third-order valence-corrected chi connectivity index (χ3v) is 5.21. The molecule has 2 aromatic carbocycles. The zero-order chi connectivity index (χ0) is 19.7. The highest BCUT2D eigenvalue weighted by Crippen LogP contribution is 2.38. The number of amides is 2. The summed E-state index contributed by atoms with van der Waals surface area (Å²) in [5.41, 5.74) is 1.72. The molecular weight excluding hydrogens is 402 g/mol. The van der Waals surface area contributed by atoms with Crippen LogP contribution in [-0.4, -0.2) is 30.0 Å². The summed E-state index contributed by atoms with van der Waals surface area (Å²) in [5, 5.41) is 6.36. The van der Waals surface area contributed by atoms with Crippen molar-refractivity contribution in [2.75, 3.05) is 23.8 Å². The van der Waals surface area contributed by atoms with E-state index in [9.17, 15) is 9.59 Å². The molecule has 0 saturated heterocycles. The molecule has 0 bridgehead atoms. The number of carbonyl (C=O) groups is 2. The Morgan fingerprint density at radius 1 is 1.14 bits per heavy atom. The highest BCUT2D eigenvalue weighted by Gasteiger charge is 2.19. The lowest BCUT2D eigenvalue weighted by molar-refractivity contribution is -0.114. The molecule has 2 N–H and O–H groups in total. The first-order chi connectivity index (χ1) is 13.5. The van der Waals surface area contributed by atoms with Crippen molar-refractivity contribution in [3.8, 4) is 11.5 Å². The fourth-order valence-corrected chi connectivity index (χ4v) is 3.99. The first-order valence-electron chi connectivity index (χ1n) is 8.58. The second kappa shape index (κ2) is 7.65. The average molecular weight is 418 g/mol. The van der Waals surface area contributed by atoms with Crippen molar-refractivity contribution >= 4 is 55.8 Å². The number of hydrogen-bond donors (Lipinski definition) is 2. The van der Waals surface area contributed by atoms with Gasteiger partial charge >= 0.3 is 0 Å². The van der Waals surface area contributed by atoms with E-state index in [-0.39, 0.29) is 11.8 Å². The lowest BCUT2D eigenvalue weighted by Gasteiger charge is -2.12. The largest absolute Gasteiger partial charge is 0.489 e. The molecule has 3 aromatic rings. The zero-order valence-electron chi connectivity index (χ0n) is 14.9. The first-order valence-corrected chi connectivity index (χ1v) is 9.78. The fourth-order valence-electron chi connectivity index (χ4n) is 2.77. The minimum absolute atomic E-state index is 0.182. The van der Waals surface area contributed by atoms with E-state index in [1.807, 2.05) is 0 Å². The molecule has 0 radical (unpaired) electrons. The number of hydrogen-bond acceptors (Lipinski definition) is 6. The van der Waals surface area contributed by atoms with Gasteiger partial charge in [-0.3, -0.25) is 9.59 Å². The van der Waals surface area contributed by atoms with Gasteiger partial charge in [0.25, 0.3) is 5.91 Å². The summed E-state index contributed by atoms with van der Waals surface area (Å²) in [5.74, 6) is 0.433. The third-order valence-electron chi connectivity index (χ3n) is 3.99. The van der Waals surface area contributed by atoms with Gasteiger partial charge in [0, 0.05) is 24.6 Å². The van der Waals surface area contributed by atoms with Crippen LogP contribution in [0.4, 0.5) is 10.8 Å². The maximum absolute atomic E-state index is 12.7. The molecule has 1 aromatic heterocycles. The Kier molecular flexibility index (Phi) is 5.06. The van der Waals surface area contributed by atoms with Crippen LogP contribution in [0.15, 0.2) is 30.3 Å². The molecule has 0 aliphatic carbocycles. The van der Waals surface area contributed by atoms with Gasteiger partial charge in [0.2, 0.25) is 5.91 Å². The lowest BCUT2D eigenvalue weighted by Crippen LogP contribution is -2.12. The number of nitrogens with zero attached hydrogens (tertiary/aromatic N) is 1. The van der Waals surface area contributed by atoms with Crippen LogP contribution < -0.4 is 20.1 Å². The van der Waals surface area contributed by atoms with Crippen LogP contribution in [0.1, 0.15) is 23.7 Å². The van der Waals surface area contributed by atoms with Gasteiger partial charge in [0.05, 0.1) is 28.5 Å². The predicted octanol–water partition coefficient (Wildman–Crippen LogP) is 4.32. The van der Waals surface area contributed by atoms with Crippen molar-refractivity contribution in [1.82, 2.24) is 4.98 Å². The monoisotopic (exact) mass is 417 g/mol. The second-order valence-electron chi connectivity index (χ2n) is 6.17. The molecule has 2 amide bonds. The van der Waals surface area contributed by atoms with Gasteiger partial charge in [-0.15, -0.1) is 0 Å². The second-order valence-corrected chi connectivity index (χ2v) is 7.61. The lowest BCUT2D eigenvalue weighted by atomic mass is 10.1. The molecule has 0 saturated carbocycles. The van der Waals surface area contributed by atoms with Crippen molar-refractivity contribution in [1.29, 1.82) is 0 Å². The van der Waals surface area contributed by atoms with Crippen LogP contribution in [-0.2, 0) is 4.79 Å². The Hall–Kier alpha value is -2.84. The maximum atomic E-state index is 12.7. The summed E-state index contributed by atoms with van der Waals surface area (Å²) in [6.07, 6.45) is 0.752. The maximum Gasteiger partial charge on any atom is 0.255 e. The van der Waals surface area contributed by atoms with E-state index in [0.717, 1.165) is 16.6 Å². The van der Waals surface area contributed by atoms with Crippen molar-refractivity contribution < 1.29 is 19.1 Å². The van der Waals surface area contributed by atoms with Gasteiger partial charge in [-0.25, -0.2) is 4.98 Å². The summed E-state index contributed by atoms with van der Waals surface area (Å²) in [6, 6.07) is 8.53. The molecule has 0 atom stereocenters. The number of rotatable bonds is 3. The highest BCUT2D eigenvalue weighted by molar-refractivity contribution is 7.22. The zero-order valence-corrected chi connectivity index (χ0v) is 16.4. The van der Waals surface area contributed by atoms with E-state index in [4.69, 9.17) is 21.1 Å². The number of benzene rings is 2. The Labute approximate surface area is 169 Å². The van der Waals surface area contributed by atoms with Gasteiger partial charge in [0.15, 0.2) is 16.6 Å². The van der Waals surface area contributed by atoms with Crippen LogP contribution in [0.25, 0.3) is 10.2 Å². The molecule has 0 spiro atoms. The van der Waals surface area contributed by atoms with Gasteiger partial charge in [-0.05, 0) is 30.3 Å². The van der Waals surface area contributed by atoms with E-state index < -0.39 is 0 Å². The summed E-state index contributed by atoms with van der Waals surface area (Å²) < 4.78 is 12.1. The van der Waals surface area contributed by atoms with Crippen LogP contribution in [0, 0.1) is 0 Å². The number of aromatic nitrogens is 1. The van der Waals surface area contributed by atoms with Gasteiger partial charge in [-0.1, -0.05) is 22.9 Å². The minimum atomic E-state index is -0.316. The minimum Gasteiger partial charge on any atom is -0.489 e. The molecule has 144 valence electrons. The van der Waals surface area contributed by atoms with Crippen molar-refractivity contribution in [3.63, 3.8) is 0 Å². The molecule has 7 nitrogen and oxygen atoms in total. The summed E-state index contributed by atoms with van der Waals surface area (Å²) in [4.78, 5) is 28.2. The predicted molar refractivity (Wildman–Crippen MR) is 109 cm³/mol. The van der Waals surface area contributed by atoms with Crippen LogP contribution in [0.3, 0.4) is 0 Å². The molecule has 0 unspecified atom stereocenters. The number of halogens is 1. The van der Waals surface area contributed by atoms with E-state index in [0.29, 0.717) is 46.1 Å². The molecule has 1 aliphatic heterocycles. The number of thiazole rings is 1. The van der Waals surface area contributed by atoms with Crippen molar-refractivity contribution in [2.45, 2.75) is 13.3 Å². The Morgan fingerprint density at radius 2 is 1.96 bits per heavy atom. The molecule has 0 fully saturated rings. The van der Waals surface area contributed by atoms with E-state index in [1.165, 1.54) is 18.3 Å². The van der Waals surface area contributed by atoms with Gasteiger partial charge in [0.1, 0.15) is 0 Å². The van der Waals surface area contributed by atoms with Gasteiger partial charge in [-0.2, -0.15) is 0 Å². The Morgan fingerprint density at radius 3 is 2.79 bits per heavy atom. The summed E-state index contributed by atoms with van der Waals surface area (Å²) in [6.45, 7) is 2.46. The standard InChI is InChI=1S/C19H16ClN3O4S/c1-10(24)21-19-23-14-4-3-12(9-16(14)28-19)22-18(25)11-7-13(20)17-15(8-11)26-5-2-6-27-17/h3-4,7-9H,2,5-6H2,1H3,(H,22,25)(H,21,23,24). The smallest absolute Gasteiger partial charge is 0.255 e. The number of anilines is 2. The number of fused-ring (bicyclic) bond motifs is 2. The third kappa shape index (κ3) is 3.88. The summed E-state index contributed by atoms with van der Waals surface area (Å²) >= 11 is 7.60. The van der Waals surface area contributed by atoms with Crippen molar-refractivity contribution in [3.05, 3.63) is 40.9 Å². The average Bonchev–Trinajstić information content (AvgIpc) is 2.87. The highest BCUT2D eigenvalue weighted by atomic mass is 35.5. The van der Waals surface area contributed by atoms with E-state index in [2.05, 4.69) is 15.6 Å². The number of ether oxygens (including phenoxy) is 2. The number of nitrogens with one attached hydrogen (secondary N) is 2. The SMILES string of the molecule is CC(=O)Nc1nc2ccc(NC(=O)c3cc(Cl)c4c(c3)OCCCO4)cc2s1. The van der Waals surface area contributed by atoms with E-state index >= 15 is 0 Å². The van der Waals surface area contributed by atoms with Crippen LogP contribution in [0.2, 0.25) is 5.02 Å². The molecular formula is C19H16ClN3O4S. The molecule has 28 heavy (non-hydrogen) atoms. The van der Waals surface area contributed by atoms with E-state index in [1.54, 1.807) is 30.3 Å². The Bertz CT molecular complexity index is 1080. The fraction of sp³-hybridized carbons (Fsp3) is 0.211. The molecule has 1 aliphatic rings. The summed E-state index contributed by atoms with van der Waals surface area (Å²) in [7, 11) is 0. The number of carbonyl (C=O) groups excluding carboxylic acids is 2. The Balaban J connectivity index is 1.57. The first kappa shape index (κ1) is 18.5. The molecule has 9 heteroatoms. The van der Waals surface area contributed by atoms with Crippen LogP contribution in [0.5, 0.6) is 11.5 Å². The molecule has 4 rings (SSSR count). The van der Waals surface area contributed by atoms with Crippen LogP contribution >= 0.6 is 22.9 Å².